The van der Waals surface area contributed by atoms with Gasteiger partial charge in [0.2, 0.25) is 0 Å². The van der Waals surface area contributed by atoms with Crippen molar-refractivity contribution in [2.75, 3.05) is 10.6 Å². The van der Waals surface area contributed by atoms with Crippen LogP contribution in [-0.2, 0) is 10.8 Å². The fourth-order valence-electron chi connectivity index (χ4n) is 9.92. The van der Waals surface area contributed by atoms with E-state index in [9.17, 15) is 0 Å². The second-order valence-electron chi connectivity index (χ2n) is 19.1. The molecule has 0 aliphatic heterocycles. The van der Waals surface area contributed by atoms with Crippen LogP contribution in [0.5, 0.6) is 11.5 Å². The van der Waals surface area contributed by atoms with Crippen LogP contribution in [0.2, 0.25) is 0 Å². The Kier molecular flexibility index (Phi) is 9.89. The fourth-order valence-corrected chi connectivity index (χ4v) is 9.92. The average molecular weight is 857 g/mol. The summed E-state index contributed by atoms with van der Waals surface area (Å²) >= 11 is 0. The molecule has 0 saturated carbocycles. The summed E-state index contributed by atoms with van der Waals surface area (Å²) in [6, 6.07) is 66.7. The number of hydrogen-bond donors (Lipinski definition) is 2. The number of nitrogens with one attached hydrogen (secondary N) is 2. The monoisotopic (exact) mass is 856 g/mol. The smallest absolute Gasteiger partial charge is 0.137 e. The first-order chi connectivity index (χ1) is 32.0. The Morgan fingerprint density at radius 1 is 0.530 bits per heavy atom. The number of fused-ring (bicyclic) bond motifs is 6. The van der Waals surface area contributed by atoms with E-state index in [4.69, 9.17) is 9.72 Å². The lowest BCUT2D eigenvalue weighted by atomic mass is 9.82. The number of ether oxygens (including phenoxy) is 1. The maximum absolute atomic E-state index is 6.69. The summed E-state index contributed by atoms with van der Waals surface area (Å²) in [6.07, 6.45) is 2.01. The first kappa shape index (κ1) is 40.9. The molecule has 0 amide bonds. The Morgan fingerprint density at radius 2 is 1.21 bits per heavy atom. The normalized spacial score (nSPS) is 12.8. The summed E-state index contributed by atoms with van der Waals surface area (Å²) in [4.78, 5) is 5.09. The zero-order chi connectivity index (χ0) is 45.2. The van der Waals surface area contributed by atoms with Crippen LogP contribution in [0.15, 0.2) is 194 Å². The molecule has 322 valence electrons. The van der Waals surface area contributed by atoms with Gasteiger partial charge in [-0.05, 0) is 99.8 Å². The van der Waals surface area contributed by atoms with Crippen LogP contribution >= 0.6 is 0 Å². The quantitative estimate of drug-likeness (QED) is 0.152. The second-order valence-corrected chi connectivity index (χ2v) is 19.1. The van der Waals surface area contributed by atoms with Gasteiger partial charge in [-0.25, -0.2) is 4.98 Å². The topological polar surface area (TPSA) is 51.1 Å². The number of benzene rings is 8. The van der Waals surface area contributed by atoms with Crippen LogP contribution in [0.4, 0.5) is 22.7 Å². The van der Waals surface area contributed by atoms with Crippen LogP contribution in [0.25, 0.3) is 61.0 Å². The van der Waals surface area contributed by atoms with Crippen LogP contribution in [0, 0.1) is 6.92 Å². The number of aryl methyl sites for hydroxylation is 1. The molecule has 0 saturated heterocycles. The zero-order valence-electron chi connectivity index (χ0n) is 38.3. The molecule has 5 nitrogen and oxygen atoms in total. The Hall–Kier alpha value is -7.89. The molecule has 1 aliphatic rings. The third-order valence-electron chi connectivity index (χ3n) is 13.4. The van der Waals surface area contributed by atoms with Crippen molar-refractivity contribution >= 4 is 44.6 Å². The maximum Gasteiger partial charge on any atom is 0.137 e. The number of pyridine rings is 1. The van der Waals surface area contributed by atoms with Crippen LogP contribution in [0.3, 0.4) is 0 Å². The summed E-state index contributed by atoms with van der Waals surface area (Å²) < 4.78 is 8.94. The van der Waals surface area contributed by atoms with Crippen molar-refractivity contribution in [3.63, 3.8) is 0 Å². The predicted octanol–water partition coefficient (Wildman–Crippen LogP) is 16.7. The van der Waals surface area contributed by atoms with Crippen molar-refractivity contribution in [2.24, 2.45) is 0 Å². The minimum Gasteiger partial charge on any atom is -0.457 e. The van der Waals surface area contributed by atoms with E-state index in [0.29, 0.717) is 0 Å². The molecule has 0 fully saturated rings. The van der Waals surface area contributed by atoms with E-state index in [0.717, 1.165) is 67.6 Å². The van der Waals surface area contributed by atoms with Crippen molar-refractivity contribution in [3.8, 4) is 50.7 Å². The minimum atomic E-state index is -0.127. The Morgan fingerprint density at radius 3 is 2.00 bits per heavy atom. The number of hydrogen-bond acceptors (Lipinski definition) is 4. The van der Waals surface area contributed by atoms with Gasteiger partial charge in [-0.2, -0.15) is 0 Å². The second kappa shape index (κ2) is 16.0. The van der Waals surface area contributed by atoms with E-state index >= 15 is 0 Å². The van der Waals surface area contributed by atoms with Gasteiger partial charge in [-0.3, -0.25) is 4.57 Å². The summed E-state index contributed by atoms with van der Waals surface area (Å²) in [6.45, 7) is 13.6. The standard InChI is InChI=1S/C61H52N4O/c1-39-35-57(62-38-50(39)41-27-29-42(30-28-41)60(2,3)4)65-55-26-15-11-21-47(55)48-32-31-45(37-56(48)65)66-44-20-16-19-43(36-44)63-53-24-13-14-25-54(53)64-59-46(40-17-8-7-9-18-40)33-34-52-58(59)49-22-10-12-23-51(49)61(52,5)6/h7-38,63-64H,1-6H3. The maximum atomic E-state index is 6.69. The van der Waals surface area contributed by atoms with E-state index in [1.807, 2.05) is 18.3 Å². The highest BCUT2D eigenvalue weighted by atomic mass is 16.5. The SMILES string of the molecule is Cc1cc(-n2c3ccccc3c3ccc(Oc4cccc(Nc5ccccc5Nc5c(-c6ccccc6)ccc6c5-c5ccccc5C6(C)C)c4)cc32)ncc1-c1ccc(C(C)(C)C)cc1. The molecule has 66 heavy (non-hydrogen) atoms. The highest BCUT2D eigenvalue weighted by molar-refractivity contribution is 6.09. The Labute approximate surface area is 387 Å². The van der Waals surface area contributed by atoms with Crippen molar-refractivity contribution < 1.29 is 4.74 Å². The van der Waals surface area contributed by atoms with Gasteiger partial charge in [0, 0.05) is 56.9 Å². The van der Waals surface area contributed by atoms with E-state index in [1.54, 1.807) is 0 Å². The first-order valence-electron chi connectivity index (χ1n) is 22.9. The number of aromatic nitrogens is 2. The zero-order valence-corrected chi connectivity index (χ0v) is 38.3. The number of para-hydroxylation sites is 3. The third-order valence-corrected chi connectivity index (χ3v) is 13.4. The van der Waals surface area contributed by atoms with Crippen molar-refractivity contribution in [1.82, 2.24) is 9.55 Å². The number of rotatable bonds is 9. The Balaban J connectivity index is 0.909. The highest BCUT2D eigenvalue weighted by Gasteiger charge is 2.37. The first-order valence-corrected chi connectivity index (χ1v) is 22.9. The Bertz CT molecular complexity index is 3470. The molecular formula is C61H52N4O. The van der Waals surface area contributed by atoms with E-state index < -0.39 is 0 Å². The molecule has 2 heterocycles. The molecule has 8 aromatic carbocycles. The summed E-state index contributed by atoms with van der Waals surface area (Å²) in [5.41, 5.74) is 18.4. The number of nitrogens with zero attached hydrogens (tertiary/aromatic N) is 2. The van der Waals surface area contributed by atoms with Gasteiger partial charge in [-0.15, -0.1) is 0 Å². The van der Waals surface area contributed by atoms with Gasteiger partial charge < -0.3 is 15.4 Å². The highest BCUT2D eigenvalue weighted by Crippen LogP contribution is 2.54. The summed E-state index contributed by atoms with van der Waals surface area (Å²) in [5.74, 6) is 2.34. The largest absolute Gasteiger partial charge is 0.457 e. The molecule has 11 rings (SSSR count). The van der Waals surface area contributed by atoms with Gasteiger partial charge in [0.05, 0.1) is 28.1 Å². The fraction of sp³-hybridized carbons (Fsp3) is 0.131. The third kappa shape index (κ3) is 7.18. The van der Waals surface area contributed by atoms with Gasteiger partial charge in [0.25, 0.3) is 0 Å². The van der Waals surface area contributed by atoms with Crippen LogP contribution in [0.1, 0.15) is 56.9 Å². The minimum absolute atomic E-state index is 0.0996. The van der Waals surface area contributed by atoms with Crippen LogP contribution < -0.4 is 15.4 Å². The average Bonchev–Trinajstić information content (AvgIpc) is 3.77. The van der Waals surface area contributed by atoms with Crippen LogP contribution in [-0.4, -0.2) is 9.55 Å². The van der Waals surface area contributed by atoms with Gasteiger partial charge in [0.15, 0.2) is 0 Å². The number of anilines is 4. The summed E-state index contributed by atoms with van der Waals surface area (Å²) in [5, 5.41) is 10.0. The van der Waals surface area contributed by atoms with Crippen molar-refractivity contribution in [2.45, 2.75) is 52.4 Å². The van der Waals surface area contributed by atoms with Gasteiger partial charge in [0.1, 0.15) is 17.3 Å². The lowest BCUT2D eigenvalue weighted by molar-refractivity contribution is 0.483. The molecule has 0 radical (unpaired) electrons. The van der Waals surface area contributed by atoms with Crippen molar-refractivity contribution in [1.29, 1.82) is 0 Å². The molecule has 1 aliphatic carbocycles. The predicted molar refractivity (Wildman–Crippen MR) is 276 cm³/mol. The van der Waals surface area contributed by atoms with E-state index in [1.165, 1.54) is 49.9 Å². The van der Waals surface area contributed by atoms with Crippen molar-refractivity contribution in [3.05, 3.63) is 217 Å². The molecule has 2 aromatic heterocycles. The molecule has 0 atom stereocenters. The molecule has 5 heteroatoms. The molecule has 0 unspecified atom stereocenters. The van der Waals surface area contributed by atoms with Gasteiger partial charge >= 0.3 is 0 Å². The molecule has 0 bridgehead atoms. The molecule has 10 aromatic rings. The lowest BCUT2D eigenvalue weighted by Gasteiger charge is -2.24. The lowest BCUT2D eigenvalue weighted by Crippen LogP contribution is -2.15. The van der Waals surface area contributed by atoms with Gasteiger partial charge in [-0.1, -0.05) is 162 Å². The van der Waals surface area contributed by atoms with E-state index in [2.05, 4.69) is 233 Å². The molecule has 2 N–H and O–H groups in total. The molecular weight excluding hydrogens is 805 g/mol. The van der Waals surface area contributed by atoms with E-state index in [-0.39, 0.29) is 10.8 Å². The summed E-state index contributed by atoms with van der Waals surface area (Å²) in [7, 11) is 0. The molecule has 0 spiro atoms.